The number of rotatable bonds is 5. The van der Waals surface area contributed by atoms with Crippen LogP contribution in [-0.2, 0) is 4.79 Å². The maximum Gasteiger partial charge on any atom is 0.328 e. The smallest absolute Gasteiger partial charge is 0.328 e. The molecule has 2 N–H and O–H groups in total. The van der Waals surface area contributed by atoms with E-state index in [1.54, 1.807) is 13.2 Å². The molecule has 0 saturated carbocycles. The molecule has 0 aromatic carbocycles. The van der Waals surface area contributed by atoms with Gasteiger partial charge in [-0.3, -0.25) is 0 Å². The predicted molar refractivity (Wildman–Crippen MR) is 56.5 cm³/mol. The molecular weight excluding hydrogens is 194 g/mol. The van der Waals surface area contributed by atoms with Crippen molar-refractivity contribution in [1.82, 2.24) is 5.32 Å². The molecule has 15 heavy (non-hydrogen) atoms. The first-order chi connectivity index (χ1) is 7.09. The summed E-state index contributed by atoms with van der Waals surface area (Å²) in [6.07, 6.45) is 2.81. The number of hydrogen-bond donors (Lipinski definition) is 2. The fourth-order valence-electron chi connectivity index (χ4n) is 1.21. The van der Waals surface area contributed by atoms with Crippen molar-refractivity contribution >= 4 is 5.97 Å². The van der Waals surface area contributed by atoms with Crippen molar-refractivity contribution in [3.63, 3.8) is 0 Å². The first-order valence-electron chi connectivity index (χ1n) is 4.76. The van der Waals surface area contributed by atoms with E-state index in [9.17, 15) is 4.79 Å². The van der Waals surface area contributed by atoms with Crippen LogP contribution in [0.5, 0.6) is 0 Å². The van der Waals surface area contributed by atoms with Gasteiger partial charge in [-0.2, -0.15) is 0 Å². The minimum atomic E-state index is -0.917. The molecule has 0 radical (unpaired) electrons. The van der Waals surface area contributed by atoms with Crippen LogP contribution in [-0.4, -0.2) is 17.6 Å². The van der Waals surface area contributed by atoms with Crippen molar-refractivity contribution in [3.8, 4) is 0 Å². The van der Waals surface area contributed by atoms with Gasteiger partial charge in [-0.15, -0.1) is 0 Å². The van der Waals surface area contributed by atoms with Crippen molar-refractivity contribution in [2.24, 2.45) is 0 Å². The molecule has 4 heteroatoms. The van der Waals surface area contributed by atoms with Crippen LogP contribution in [0.2, 0.25) is 0 Å². The summed E-state index contributed by atoms with van der Waals surface area (Å²) in [7, 11) is 0. The Kier molecular flexibility index (Phi) is 4.12. The van der Waals surface area contributed by atoms with Gasteiger partial charge in [0.15, 0.2) is 0 Å². The van der Waals surface area contributed by atoms with Gasteiger partial charge in [-0.25, -0.2) is 4.79 Å². The third kappa shape index (κ3) is 3.99. The number of hydrogen-bond acceptors (Lipinski definition) is 3. The molecule has 0 saturated heterocycles. The normalized spacial score (nSPS) is 13.9. The molecule has 1 aromatic heterocycles. The lowest BCUT2D eigenvalue weighted by molar-refractivity contribution is -0.131. The fraction of sp³-hybridized carbons (Fsp3) is 0.364. The highest BCUT2D eigenvalue weighted by Gasteiger charge is 2.06. The van der Waals surface area contributed by atoms with Crippen LogP contribution in [0.15, 0.2) is 34.5 Å². The highest BCUT2D eigenvalue weighted by atomic mass is 16.4. The van der Waals surface area contributed by atoms with Gasteiger partial charge in [-0.05, 0) is 26.0 Å². The van der Waals surface area contributed by atoms with E-state index in [1.165, 1.54) is 6.08 Å². The highest BCUT2D eigenvalue weighted by Crippen LogP contribution is 2.12. The number of nitrogens with one attached hydrogen (secondary N) is 1. The first-order valence-corrected chi connectivity index (χ1v) is 4.76. The summed E-state index contributed by atoms with van der Waals surface area (Å²) in [4.78, 5) is 10.4. The van der Waals surface area contributed by atoms with Gasteiger partial charge in [0.1, 0.15) is 5.76 Å². The van der Waals surface area contributed by atoms with Crippen molar-refractivity contribution in [2.45, 2.75) is 19.9 Å². The molecule has 82 valence electrons. The molecule has 1 heterocycles. The fourth-order valence-corrected chi connectivity index (χ4v) is 1.21. The summed E-state index contributed by atoms with van der Waals surface area (Å²) >= 11 is 0. The number of aliphatic carboxylic acids is 1. The lowest BCUT2D eigenvalue weighted by Crippen LogP contribution is -2.20. The Morgan fingerprint density at radius 1 is 1.73 bits per heavy atom. The van der Waals surface area contributed by atoms with Gasteiger partial charge in [0.05, 0.1) is 12.3 Å². The number of carboxylic acid groups (broad SMARTS) is 1. The van der Waals surface area contributed by atoms with Gasteiger partial charge < -0.3 is 14.8 Å². The molecule has 0 bridgehead atoms. The van der Waals surface area contributed by atoms with Crippen LogP contribution in [0.25, 0.3) is 0 Å². The topological polar surface area (TPSA) is 62.5 Å². The van der Waals surface area contributed by atoms with E-state index in [0.29, 0.717) is 6.54 Å². The quantitative estimate of drug-likeness (QED) is 0.728. The maximum atomic E-state index is 10.4. The lowest BCUT2D eigenvalue weighted by atomic mass is 10.2. The van der Waals surface area contributed by atoms with E-state index in [0.717, 1.165) is 11.3 Å². The number of carbonyl (C=O) groups is 1. The van der Waals surface area contributed by atoms with Gasteiger partial charge in [-0.1, -0.05) is 5.57 Å². The molecule has 0 amide bonds. The summed E-state index contributed by atoms with van der Waals surface area (Å²) in [6.45, 7) is 4.27. The molecule has 0 spiro atoms. The van der Waals surface area contributed by atoms with Crippen LogP contribution >= 0.6 is 0 Å². The van der Waals surface area contributed by atoms with Crippen LogP contribution in [0, 0.1) is 0 Å². The van der Waals surface area contributed by atoms with E-state index >= 15 is 0 Å². The molecule has 0 aliphatic heterocycles. The third-order valence-electron chi connectivity index (χ3n) is 2.03. The van der Waals surface area contributed by atoms with Crippen LogP contribution in [0.4, 0.5) is 0 Å². The SMILES string of the molecule is C/C(=C\C(=O)O)CNC(C)c1ccco1. The van der Waals surface area contributed by atoms with Crippen molar-refractivity contribution in [2.75, 3.05) is 6.54 Å². The average molecular weight is 209 g/mol. The van der Waals surface area contributed by atoms with Crippen LogP contribution < -0.4 is 5.32 Å². The van der Waals surface area contributed by atoms with E-state index < -0.39 is 5.97 Å². The Morgan fingerprint density at radius 3 is 3.00 bits per heavy atom. The van der Waals surface area contributed by atoms with E-state index in [4.69, 9.17) is 9.52 Å². The Morgan fingerprint density at radius 2 is 2.47 bits per heavy atom. The Bertz CT molecular complexity index is 341. The molecule has 0 fully saturated rings. The minimum absolute atomic E-state index is 0.0807. The maximum absolute atomic E-state index is 10.4. The number of furan rings is 1. The first kappa shape index (κ1) is 11.5. The monoisotopic (exact) mass is 209 g/mol. The number of carboxylic acids is 1. The summed E-state index contributed by atoms with van der Waals surface area (Å²) < 4.78 is 5.21. The van der Waals surface area contributed by atoms with Crippen molar-refractivity contribution in [1.29, 1.82) is 0 Å². The Hall–Kier alpha value is -1.55. The minimum Gasteiger partial charge on any atom is -0.478 e. The van der Waals surface area contributed by atoms with E-state index in [1.807, 2.05) is 19.1 Å². The zero-order chi connectivity index (χ0) is 11.3. The summed E-state index contributed by atoms with van der Waals surface area (Å²) in [5.74, 6) is -0.0712. The Labute approximate surface area is 88.6 Å². The van der Waals surface area contributed by atoms with E-state index in [-0.39, 0.29) is 6.04 Å². The zero-order valence-electron chi connectivity index (χ0n) is 8.86. The molecule has 0 aliphatic carbocycles. The van der Waals surface area contributed by atoms with Gasteiger partial charge in [0.25, 0.3) is 0 Å². The summed E-state index contributed by atoms with van der Waals surface area (Å²) in [5, 5.41) is 11.7. The molecule has 1 aromatic rings. The average Bonchev–Trinajstić information content (AvgIpc) is 2.65. The van der Waals surface area contributed by atoms with Gasteiger partial charge in [0.2, 0.25) is 0 Å². The molecular formula is C11H15NO3. The van der Waals surface area contributed by atoms with Crippen LogP contribution in [0.1, 0.15) is 25.6 Å². The standard InChI is InChI=1S/C11H15NO3/c1-8(6-11(13)14)7-12-9(2)10-4-3-5-15-10/h3-6,9,12H,7H2,1-2H3,(H,13,14)/b8-6+. The predicted octanol–water partition coefficient (Wildman–Crippen LogP) is 1.96. The van der Waals surface area contributed by atoms with Gasteiger partial charge >= 0.3 is 5.97 Å². The highest BCUT2D eigenvalue weighted by molar-refractivity contribution is 5.80. The van der Waals surface area contributed by atoms with E-state index in [2.05, 4.69) is 5.32 Å². The summed E-state index contributed by atoms with van der Waals surface area (Å²) in [5.41, 5.74) is 0.779. The molecule has 0 aliphatic rings. The second-order valence-electron chi connectivity index (χ2n) is 3.45. The van der Waals surface area contributed by atoms with Gasteiger partial charge in [0, 0.05) is 12.6 Å². The summed E-state index contributed by atoms with van der Waals surface area (Å²) in [6, 6.07) is 3.79. The Balaban J connectivity index is 2.41. The second kappa shape index (κ2) is 5.36. The molecule has 1 unspecified atom stereocenters. The zero-order valence-corrected chi connectivity index (χ0v) is 8.86. The third-order valence-corrected chi connectivity index (χ3v) is 2.03. The lowest BCUT2D eigenvalue weighted by Gasteiger charge is -2.10. The van der Waals surface area contributed by atoms with Crippen molar-refractivity contribution < 1.29 is 14.3 Å². The molecule has 1 atom stereocenters. The second-order valence-corrected chi connectivity index (χ2v) is 3.45. The van der Waals surface area contributed by atoms with Crippen molar-refractivity contribution in [3.05, 3.63) is 35.8 Å². The molecule has 1 rings (SSSR count). The largest absolute Gasteiger partial charge is 0.478 e. The molecule has 4 nitrogen and oxygen atoms in total. The van der Waals surface area contributed by atoms with Crippen LogP contribution in [0.3, 0.4) is 0 Å².